The van der Waals surface area contributed by atoms with Crippen LogP contribution in [0.15, 0.2) is 36.4 Å². The first-order valence-corrected chi connectivity index (χ1v) is 8.71. The highest BCUT2D eigenvalue weighted by molar-refractivity contribution is 7.80. The molecule has 0 aliphatic carbocycles. The largest absolute Gasteiger partial charge is 0.398 e. The zero-order valence-electron chi connectivity index (χ0n) is 14.4. The predicted octanol–water partition coefficient (Wildman–Crippen LogP) is 1.77. The predicted molar refractivity (Wildman–Crippen MR) is 104 cm³/mol. The molecule has 8 nitrogen and oxygen atoms in total. The highest BCUT2D eigenvalue weighted by Crippen LogP contribution is 2.38. The average Bonchev–Trinajstić information content (AvgIpc) is 2.60. The Labute approximate surface area is 160 Å². The van der Waals surface area contributed by atoms with Gasteiger partial charge in [0.2, 0.25) is 11.8 Å². The number of nitrogen functional groups attached to an aromatic ring is 1. The Morgan fingerprint density at radius 1 is 1.19 bits per heavy atom. The highest BCUT2D eigenvalue weighted by Gasteiger charge is 2.35. The van der Waals surface area contributed by atoms with Crippen LogP contribution in [0.5, 0.6) is 0 Å². The van der Waals surface area contributed by atoms with Crippen molar-refractivity contribution in [2.45, 2.75) is 18.8 Å². The van der Waals surface area contributed by atoms with Crippen molar-refractivity contribution >= 4 is 35.8 Å². The average molecular weight is 386 g/mol. The van der Waals surface area contributed by atoms with Gasteiger partial charge >= 0.3 is 0 Å². The van der Waals surface area contributed by atoms with Gasteiger partial charge in [0.15, 0.2) is 0 Å². The van der Waals surface area contributed by atoms with Crippen LogP contribution in [0.25, 0.3) is 11.1 Å². The zero-order valence-corrected chi connectivity index (χ0v) is 15.3. The Morgan fingerprint density at radius 3 is 2.48 bits per heavy atom. The third-order valence-corrected chi connectivity index (χ3v) is 4.68. The minimum atomic E-state index is -1.01. The van der Waals surface area contributed by atoms with Crippen LogP contribution >= 0.6 is 12.6 Å². The molecule has 0 bridgehead atoms. The van der Waals surface area contributed by atoms with Crippen LogP contribution < -0.4 is 16.4 Å². The van der Waals surface area contributed by atoms with Crippen LogP contribution in [0.4, 0.5) is 11.4 Å². The lowest BCUT2D eigenvalue weighted by Gasteiger charge is -2.27. The highest BCUT2D eigenvalue weighted by atomic mass is 32.1. The zero-order chi connectivity index (χ0) is 19.7. The molecule has 2 amide bonds. The number of carbonyl (C=O) groups is 2. The van der Waals surface area contributed by atoms with E-state index in [2.05, 4.69) is 23.3 Å². The Morgan fingerprint density at radius 2 is 1.85 bits per heavy atom. The standard InChI is InChI=1S/C18H18N4O4S/c1-9-5-6-13(19)11(7-9)15-10(3-2-4-14(15)22(25)26)8-12-16(23)20-18(27)21-17(12)24/h2-7,12,18,27H,8,19H2,1H3,(H,20,23)(H,21,24). The number of thiol groups is 1. The van der Waals surface area contributed by atoms with Crippen molar-refractivity contribution in [3.8, 4) is 11.1 Å². The molecule has 1 saturated heterocycles. The van der Waals surface area contributed by atoms with E-state index in [1.807, 2.05) is 13.0 Å². The number of anilines is 1. The second-order valence-corrected chi connectivity index (χ2v) is 6.85. The summed E-state index contributed by atoms with van der Waals surface area (Å²) in [4.78, 5) is 35.6. The van der Waals surface area contributed by atoms with E-state index in [9.17, 15) is 19.7 Å². The van der Waals surface area contributed by atoms with Crippen molar-refractivity contribution in [3.05, 3.63) is 57.6 Å². The molecule has 1 heterocycles. The summed E-state index contributed by atoms with van der Waals surface area (Å²) in [5.41, 5.74) is 7.77. The second kappa shape index (κ2) is 7.28. The monoisotopic (exact) mass is 386 g/mol. The molecule has 140 valence electrons. The fourth-order valence-electron chi connectivity index (χ4n) is 3.14. The van der Waals surface area contributed by atoms with E-state index in [0.717, 1.165) is 5.56 Å². The van der Waals surface area contributed by atoms with Gasteiger partial charge in [-0.3, -0.25) is 19.7 Å². The summed E-state index contributed by atoms with van der Waals surface area (Å²) in [6.45, 7) is 1.85. The number of nitro groups is 1. The van der Waals surface area contributed by atoms with Crippen LogP contribution in [0.1, 0.15) is 11.1 Å². The normalized spacial score (nSPS) is 19.3. The second-order valence-electron chi connectivity index (χ2n) is 6.34. The van der Waals surface area contributed by atoms with Crippen molar-refractivity contribution in [2.75, 3.05) is 5.73 Å². The summed E-state index contributed by atoms with van der Waals surface area (Å²) in [7, 11) is 0. The van der Waals surface area contributed by atoms with Gasteiger partial charge in [-0.2, -0.15) is 0 Å². The number of nitro benzene ring substituents is 1. The molecule has 0 aromatic heterocycles. The van der Waals surface area contributed by atoms with Crippen LogP contribution in [-0.4, -0.2) is 22.2 Å². The number of rotatable bonds is 4. The molecule has 1 aliphatic heterocycles. The summed E-state index contributed by atoms with van der Waals surface area (Å²) in [5, 5.41) is 16.7. The van der Waals surface area contributed by atoms with E-state index in [1.165, 1.54) is 12.1 Å². The van der Waals surface area contributed by atoms with Gasteiger partial charge in [-0.05, 0) is 31.0 Å². The number of carbonyl (C=O) groups excluding carboxylic acids is 2. The van der Waals surface area contributed by atoms with Gasteiger partial charge in [0, 0.05) is 17.3 Å². The molecule has 3 rings (SSSR count). The lowest BCUT2D eigenvalue weighted by atomic mass is 9.88. The summed E-state index contributed by atoms with van der Waals surface area (Å²) in [5.74, 6) is -1.97. The Bertz CT molecular complexity index is 929. The third-order valence-electron chi connectivity index (χ3n) is 4.42. The Kier molecular flexibility index (Phi) is 5.04. The summed E-state index contributed by atoms with van der Waals surface area (Å²) in [6, 6.07) is 9.82. The first kappa shape index (κ1) is 18.7. The van der Waals surface area contributed by atoms with Crippen LogP contribution in [0.3, 0.4) is 0 Å². The number of nitrogens with two attached hydrogens (primary N) is 1. The number of nitrogens with one attached hydrogen (secondary N) is 2. The van der Waals surface area contributed by atoms with E-state index in [4.69, 9.17) is 5.73 Å². The lowest BCUT2D eigenvalue weighted by Crippen LogP contribution is -2.57. The molecule has 1 fully saturated rings. The Balaban J connectivity index is 2.12. The van der Waals surface area contributed by atoms with Crippen LogP contribution in [0, 0.1) is 23.0 Å². The molecule has 0 radical (unpaired) electrons. The lowest BCUT2D eigenvalue weighted by molar-refractivity contribution is -0.384. The number of hydrogen-bond donors (Lipinski definition) is 4. The molecule has 27 heavy (non-hydrogen) atoms. The van der Waals surface area contributed by atoms with Gasteiger partial charge in [0.05, 0.1) is 10.5 Å². The molecule has 4 N–H and O–H groups in total. The summed E-state index contributed by atoms with van der Waals surface area (Å²) in [6.07, 6.45) is 0.00254. The number of hydrogen-bond acceptors (Lipinski definition) is 6. The number of nitrogens with zero attached hydrogens (tertiary/aromatic N) is 1. The van der Waals surface area contributed by atoms with Gasteiger partial charge in [0.1, 0.15) is 11.4 Å². The van der Waals surface area contributed by atoms with Gasteiger partial charge in [-0.1, -0.05) is 23.8 Å². The van der Waals surface area contributed by atoms with E-state index >= 15 is 0 Å². The molecule has 0 atom stereocenters. The van der Waals surface area contributed by atoms with Gasteiger partial charge in [-0.15, -0.1) is 12.6 Å². The van der Waals surface area contributed by atoms with Crippen LogP contribution in [0.2, 0.25) is 0 Å². The molecule has 0 saturated carbocycles. The van der Waals surface area contributed by atoms with Gasteiger partial charge in [-0.25, -0.2) is 0 Å². The third kappa shape index (κ3) is 3.72. The summed E-state index contributed by atoms with van der Waals surface area (Å²) >= 11 is 4.02. The van der Waals surface area contributed by atoms with Crippen molar-refractivity contribution in [1.29, 1.82) is 0 Å². The molecule has 2 aromatic carbocycles. The van der Waals surface area contributed by atoms with Gasteiger partial charge in [0.25, 0.3) is 5.69 Å². The number of benzene rings is 2. The molecule has 9 heteroatoms. The molecule has 2 aromatic rings. The number of aryl methyl sites for hydroxylation is 1. The van der Waals surface area contributed by atoms with E-state index in [1.54, 1.807) is 18.2 Å². The molecule has 1 aliphatic rings. The smallest absolute Gasteiger partial charge is 0.277 e. The maximum absolute atomic E-state index is 12.2. The van der Waals surface area contributed by atoms with Crippen molar-refractivity contribution < 1.29 is 14.5 Å². The molecular formula is C18H18N4O4S. The van der Waals surface area contributed by atoms with E-state index in [-0.39, 0.29) is 12.1 Å². The van der Waals surface area contributed by atoms with Crippen molar-refractivity contribution in [1.82, 2.24) is 10.6 Å². The SMILES string of the molecule is Cc1ccc(N)c(-c2c(CC3C(=O)NC(S)NC3=O)cccc2[N+](=O)[O-])c1. The first-order valence-electron chi connectivity index (χ1n) is 8.19. The van der Waals surface area contributed by atoms with E-state index in [0.29, 0.717) is 22.4 Å². The minimum Gasteiger partial charge on any atom is -0.398 e. The molecular weight excluding hydrogens is 368 g/mol. The summed E-state index contributed by atoms with van der Waals surface area (Å²) < 4.78 is 0. The maximum atomic E-state index is 12.2. The van der Waals surface area contributed by atoms with Crippen LogP contribution in [-0.2, 0) is 16.0 Å². The van der Waals surface area contributed by atoms with Gasteiger partial charge < -0.3 is 16.4 Å². The topological polar surface area (TPSA) is 127 Å². The first-order chi connectivity index (χ1) is 12.8. The fraction of sp³-hybridized carbons (Fsp3) is 0.222. The number of amides is 2. The maximum Gasteiger partial charge on any atom is 0.277 e. The van der Waals surface area contributed by atoms with Crippen molar-refractivity contribution in [2.24, 2.45) is 5.92 Å². The van der Waals surface area contributed by atoms with Crippen molar-refractivity contribution in [3.63, 3.8) is 0 Å². The van der Waals surface area contributed by atoms with E-state index < -0.39 is 28.2 Å². The fourth-order valence-corrected chi connectivity index (χ4v) is 3.39. The molecule has 0 spiro atoms. The minimum absolute atomic E-state index is 0.00254. The Hall–Kier alpha value is -3.07. The quantitative estimate of drug-likeness (QED) is 0.209. The molecule has 0 unspecified atom stereocenters.